The van der Waals surface area contributed by atoms with Crippen molar-refractivity contribution < 1.29 is 19.5 Å². The minimum absolute atomic E-state index is 0.116. The molecule has 7 heteroatoms. The van der Waals surface area contributed by atoms with Gasteiger partial charge in [-0.1, -0.05) is 27.7 Å². The van der Waals surface area contributed by atoms with Crippen LogP contribution in [0.5, 0.6) is 0 Å². The largest absolute Gasteiger partial charge is 0.481 e. The van der Waals surface area contributed by atoms with Gasteiger partial charge in [-0.3, -0.25) is 9.59 Å². The number of nitrogens with one attached hydrogen (secondary N) is 3. The quantitative estimate of drug-likeness (QED) is 0.538. The molecule has 1 atom stereocenters. The average molecular weight is 301 g/mol. The van der Waals surface area contributed by atoms with Crippen LogP contribution in [0.4, 0.5) is 4.79 Å². The predicted molar refractivity (Wildman–Crippen MR) is 79.9 cm³/mol. The smallest absolute Gasteiger partial charge is 0.315 e. The molecule has 0 radical (unpaired) electrons. The minimum atomic E-state index is -0.964. The second kappa shape index (κ2) is 9.20. The van der Waals surface area contributed by atoms with Crippen molar-refractivity contribution in [2.75, 3.05) is 13.1 Å². The third kappa shape index (κ3) is 9.70. The molecule has 0 aromatic rings. The van der Waals surface area contributed by atoms with E-state index in [9.17, 15) is 14.4 Å². The number of amides is 3. The first-order valence-corrected chi connectivity index (χ1v) is 7.19. The number of carboxylic acids is 1. The van der Waals surface area contributed by atoms with Gasteiger partial charge in [0.1, 0.15) is 0 Å². The molecular weight excluding hydrogens is 274 g/mol. The van der Waals surface area contributed by atoms with Crippen LogP contribution in [-0.4, -0.2) is 42.1 Å². The summed E-state index contributed by atoms with van der Waals surface area (Å²) >= 11 is 0. The molecule has 0 spiro atoms. The second-order valence-electron chi connectivity index (χ2n) is 6.02. The standard InChI is InChI=1S/C14H27N3O4/c1-5-7-15-11(18)6-8-16-13(21)17-10(9-12(19)20)14(2,3)4/h10H,5-9H2,1-4H3,(H,15,18)(H,19,20)(H2,16,17,21). The number of aliphatic carboxylic acids is 1. The maximum atomic E-state index is 11.7. The number of carboxylic acid groups (broad SMARTS) is 1. The van der Waals surface area contributed by atoms with Crippen molar-refractivity contribution in [3.63, 3.8) is 0 Å². The normalized spacial score (nSPS) is 12.4. The predicted octanol–water partition coefficient (Wildman–Crippen LogP) is 1.09. The molecule has 122 valence electrons. The molecule has 0 aromatic heterocycles. The van der Waals surface area contributed by atoms with Crippen LogP contribution < -0.4 is 16.0 Å². The van der Waals surface area contributed by atoms with Crippen LogP contribution in [-0.2, 0) is 9.59 Å². The Balaban J connectivity index is 4.15. The van der Waals surface area contributed by atoms with E-state index in [2.05, 4.69) is 16.0 Å². The fourth-order valence-corrected chi connectivity index (χ4v) is 1.60. The fourth-order valence-electron chi connectivity index (χ4n) is 1.60. The van der Waals surface area contributed by atoms with Crippen molar-refractivity contribution in [1.29, 1.82) is 0 Å². The summed E-state index contributed by atoms with van der Waals surface area (Å²) < 4.78 is 0. The van der Waals surface area contributed by atoms with Gasteiger partial charge in [0.2, 0.25) is 5.91 Å². The van der Waals surface area contributed by atoms with Crippen molar-refractivity contribution in [3.05, 3.63) is 0 Å². The van der Waals surface area contributed by atoms with E-state index in [0.29, 0.717) is 6.54 Å². The number of hydrogen-bond donors (Lipinski definition) is 4. The SMILES string of the molecule is CCCNC(=O)CCNC(=O)NC(CC(=O)O)C(C)(C)C. The fraction of sp³-hybridized carbons (Fsp3) is 0.786. The summed E-state index contributed by atoms with van der Waals surface area (Å²) in [5, 5.41) is 16.8. The summed E-state index contributed by atoms with van der Waals surface area (Å²) in [6.45, 7) is 8.37. The highest BCUT2D eigenvalue weighted by molar-refractivity contribution is 5.78. The molecule has 0 aliphatic rings. The van der Waals surface area contributed by atoms with Gasteiger partial charge in [0, 0.05) is 25.6 Å². The maximum absolute atomic E-state index is 11.7. The molecule has 0 aliphatic carbocycles. The number of carbonyl (C=O) groups is 3. The Morgan fingerprint density at radius 1 is 1.10 bits per heavy atom. The van der Waals surface area contributed by atoms with Gasteiger partial charge in [-0.25, -0.2) is 4.79 Å². The first-order valence-electron chi connectivity index (χ1n) is 7.19. The van der Waals surface area contributed by atoms with Crippen molar-refractivity contribution in [1.82, 2.24) is 16.0 Å². The highest BCUT2D eigenvalue weighted by atomic mass is 16.4. The van der Waals surface area contributed by atoms with Crippen LogP contribution in [0.2, 0.25) is 0 Å². The zero-order valence-corrected chi connectivity index (χ0v) is 13.3. The third-order valence-corrected chi connectivity index (χ3v) is 2.94. The molecule has 0 heterocycles. The van der Waals surface area contributed by atoms with Gasteiger partial charge in [-0.05, 0) is 11.8 Å². The van der Waals surface area contributed by atoms with E-state index in [1.165, 1.54) is 0 Å². The second-order valence-corrected chi connectivity index (χ2v) is 6.02. The molecule has 0 saturated heterocycles. The van der Waals surface area contributed by atoms with Crippen molar-refractivity contribution in [2.24, 2.45) is 5.41 Å². The summed E-state index contributed by atoms with van der Waals surface area (Å²) in [5.74, 6) is -1.08. The molecule has 0 fully saturated rings. The lowest BCUT2D eigenvalue weighted by Gasteiger charge is -2.30. The monoisotopic (exact) mass is 301 g/mol. The lowest BCUT2D eigenvalue weighted by molar-refractivity contribution is -0.138. The van der Waals surface area contributed by atoms with Gasteiger partial charge >= 0.3 is 12.0 Å². The van der Waals surface area contributed by atoms with Gasteiger partial charge in [0.25, 0.3) is 0 Å². The van der Waals surface area contributed by atoms with E-state index in [-0.39, 0.29) is 30.7 Å². The first kappa shape index (κ1) is 19.2. The Hall–Kier alpha value is -1.79. The van der Waals surface area contributed by atoms with Gasteiger partial charge < -0.3 is 21.1 Å². The highest BCUT2D eigenvalue weighted by Crippen LogP contribution is 2.21. The zero-order valence-electron chi connectivity index (χ0n) is 13.3. The van der Waals surface area contributed by atoms with Gasteiger partial charge in [-0.15, -0.1) is 0 Å². The van der Waals surface area contributed by atoms with Gasteiger partial charge in [0.15, 0.2) is 0 Å². The number of carbonyl (C=O) groups excluding carboxylic acids is 2. The Bertz CT molecular complexity index is 364. The summed E-state index contributed by atoms with van der Waals surface area (Å²) in [4.78, 5) is 33.9. The lowest BCUT2D eigenvalue weighted by atomic mass is 9.85. The molecule has 3 amide bonds. The van der Waals surface area contributed by atoms with E-state index in [4.69, 9.17) is 5.11 Å². The average Bonchev–Trinajstić information content (AvgIpc) is 2.33. The molecule has 0 saturated carbocycles. The topological polar surface area (TPSA) is 108 Å². The van der Waals surface area contributed by atoms with E-state index >= 15 is 0 Å². The van der Waals surface area contributed by atoms with Crippen LogP contribution in [0, 0.1) is 5.41 Å². The molecule has 0 bridgehead atoms. The number of hydrogen-bond acceptors (Lipinski definition) is 3. The maximum Gasteiger partial charge on any atom is 0.315 e. The van der Waals surface area contributed by atoms with Crippen LogP contribution in [0.3, 0.4) is 0 Å². The summed E-state index contributed by atoms with van der Waals surface area (Å²) in [6.07, 6.45) is 0.919. The van der Waals surface area contributed by atoms with Crippen molar-refractivity contribution in [3.8, 4) is 0 Å². The number of urea groups is 1. The van der Waals surface area contributed by atoms with E-state index < -0.39 is 18.0 Å². The summed E-state index contributed by atoms with van der Waals surface area (Å²) in [5.41, 5.74) is -0.367. The third-order valence-electron chi connectivity index (χ3n) is 2.94. The molecule has 21 heavy (non-hydrogen) atoms. The Kier molecular flexibility index (Phi) is 8.42. The minimum Gasteiger partial charge on any atom is -0.481 e. The first-order chi connectivity index (χ1) is 9.66. The Labute approximate surface area is 125 Å². The molecule has 0 aliphatic heterocycles. The Morgan fingerprint density at radius 3 is 2.19 bits per heavy atom. The molecular formula is C14H27N3O4. The summed E-state index contributed by atoms with van der Waals surface area (Å²) in [6, 6.07) is -0.941. The highest BCUT2D eigenvalue weighted by Gasteiger charge is 2.28. The lowest BCUT2D eigenvalue weighted by Crippen LogP contribution is -2.49. The molecule has 4 N–H and O–H groups in total. The number of rotatable bonds is 8. The molecule has 0 rings (SSSR count). The van der Waals surface area contributed by atoms with E-state index in [1.807, 2.05) is 27.7 Å². The van der Waals surface area contributed by atoms with Crippen LogP contribution >= 0.6 is 0 Å². The Morgan fingerprint density at radius 2 is 1.71 bits per heavy atom. The molecule has 7 nitrogen and oxygen atoms in total. The summed E-state index contributed by atoms with van der Waals surface area (Å²) in [7, 11) is 0. The van der Waals surface area contributed by atoms with E-state index in [0.717, 1.165) is 6.42 Å². The van der Waals surface area contributed by atoms with Crippen LogP contribution in [0.1, 0.15) is 47.0 Å². The zero-order chi connectivity index (χ0) is 16.5. The van der Waals surface area contributed by atoms with Crippen molar-refractivity contribution >= 4 is 17.9 Å². The van der Waals surface area contributed by atoms with E-state index in [1.54, 1.807) is 0 Å². The van der Waals surface area contributed by atoms with Crippen LogP contribution in [0.25, 0.3) is 0 Å². The van der Waals surface area contributed by atoms with Crippen LogP contribution in [0.15, 0.2) is 0 Å². The van der Waals surface area contributed by atoms with Gasteiger partial charge in [0.05, 0.1) is 6.42 Å². The molecule has 1 unspecified atom stereocenters. The van der Waals surface area contributed by atoms with Gasteiger partial charge in [-0.2, -0.15) is 0 Å². The van der Waals surface area contributed by atoms with Crippen molar-refractivity contribution in [2.45, 2.75) is 53.0 Å². The molecule has 0 aromatic carbocycles.